The first kappa shape index (κ1) is 21.5. The van der Waals surface area contributed by atoms with Crippen LogP contribution >= 0.6 is 0 Å². The van der Waals surface area contributed by atoms with Crippen LogP contribution in [0.4, 0.5) is 4.39 Å². The van der Waals surface area contributed by atoms with Crippen molar-refractivity contribution in [2.75, 3.05) is 0 Å². The van der Waals surface area contributed by atoms with Gasteiger partial charge in [0.05, 0.1) is 17.5 Å². The van der Waals surface area contributed by atoms with Crippen LogP contribution in [0.15, 0.2) is 30.7 Å². The van der Waals surface area contributed by atoms with Crippen LogP contribution in [0.2, 0.25) is 0 Å². The van der Waals surface area contributed by atoms with Gasteiger partial charge in [-0.3, -0.25) is 4.79 Å². The number of hydrogen-bond acceptors (Lipinski definition) is 4. The molecule has 1 fully saturated rings. The lowest BCUT2D eigenvalue weighted by molar-refractivity contribution is 0.00578. The second kappa shape index (κ2) is 7.57. The zero-order valence-corrected chi connectivity index (χ0v) is 18.2. The van der Waals surface area contributed by atoms with Crippen molar-refractivity contribution in [3.8, 4) is 0 Å². The summed E-state index contributed by atoms with van der Waals surface area (Å²) in [7, 11) is 1.03. The van der Waals surface area contributed by atoms with E-state index in [0.717, 1.165) is 5.56 Å². The lowest BCUT2D eigenvalue weighted by Gasteiger charge is -2.32. The van der Waals surface area contributed by atoms with Gasteiger partial charge in [0.1, 0.15) is 11.5 Å². The molecule has 0 bridgehead atoms. The monoisotopic (exact) mass is 401 g/mol. The molecule has 0 spiro atoms. The Balaban J connectivity index is 1.86. The summed E-state index contributed by atoms with van der Waals surface area (Å²) < 4.78 is 28.3. The van der Waals surface area contributed by atoms with Crippen molar-refractivity contribution in [2.45, 2.75) is 65.3 Å². The summed E-state index contributed by atoms with van der Waals surface area (Å²) in [5, 5.41) is 0. The van der Waals surface area contributed by atoms with Gasteiger partial charge in [-0.05, 0) is 53.2 Å². The van der Waals surface area contributed by atoms with Crippen molar-refractivity contribution < 1.29 is 18.5 Å². The predicted molar refractivity (Wildman–Crippen MR) is 110 cm³/mol. The number of nitrogens with zero attached hydrogens (tertiary/aromatic N) is 3. The van der Waals surface area contributed by atoms with Gasteiger partial charge in [0.15, 0.2) is 0 Å². The molecule has 3 rings (SSSR count). The van der Waals surface area contributed by atoms with Crippen LogP contribution in [-0.2, 0) is 22.9 Å². The van der Waals surface area contributed by atoms with E-state index in [0.29, 0.717) is 17.7 Å². The molecule has 1 amide bonds. The molecule has 29 heavy (non-hydrogen) atoms. The molecule has 0 radical (unpaired) electrons. The Labute approximate surface area is 172 Å². The van der Waals surface area contributed by atoms with E-state index in [9.17, 15) is 9.18 Å². The van der Waals surface area contributed by atoms with Crippen molar-refractivity contribution in [3.63, 3.8) is 0 Å². The van der Waals surface area contributed by atoms with Gasteiger partial charge in [-0.15, -0.1) is 0 Å². The van der Waals surface area contributed by atoms with Gasteiger partial charge < -0.3 is 18.8 Å². The number of rotatable bonds is 5. The first-order valence-corrected chi connectivity index (χ1v) is 9.84. The minimum absolute atomic E-state index is 0.0464. The average molecular weight is 401 g/mol. The molecule has 1 saturated heterocycles. The molecule has 2 aromatic rings. The first-order valence-electron chi connectivity index (χ1n) is 9.84. The molecule has 0 N–H and O–H groups in total. The molecule has 1 aliphatic heterocycles. The molecule has 8 heteroatoms. The van der Waals surface area contributed by atoms with Crippen molar-refractivity contribution in [1.82, 2.24) is 14.5 Å². The SMILES string of the molecule is CC(C)N(Cc1ccc(F)c(B2OC(C)(C)C(C)(C)O2)c1)C(=O)c1cn(C)cn1. The molecular weight excluding hydrogens is 372 g/mol. The van der Waals surface area contributed by atoms with Gasteiger partial charge in [0.25, 0.3) is 5.91 Å². The highest BCUT2D eigenvalue weighted by Gasteiger charge is 2.52. The molecule has 2 heterocycles. The standard InChI is InChI=1S/C21H29BFN3O3/c1-14(2)26(19(27)18-12-25(7)13-24-18)11-15-8-9-17(23)16(10-15)22-28-20(3,4)21(5,6)29-22/h8-10,12-14H,11H2,1-7H3. The molecule has 156 valence electrons. The quantitative estimate of drug-likeness (QED) is 0.723. The number of carbonyl (C=O) groups is 1. The van der Waals surface area contributed by atoms with Gasteiger partial charge in [0, 0.05) is 31.3 Å². The van der Waals surface area contributed by atoms with E-state index in [4.69, 9.17) is 9.31 Å². The minimum atomic E-state index is -0.793. The maximum absolute atomic E-state index is 14.6. The number of halogens is 1. The van der Waals surface area contributed by atoms with Crippen molar-refractivity contribution >= 4 is 18.5 Å². The molecule has 1 aromatic carbocycles. The summed E-state index contributed by atoms with van der Waals surface area (Å²) in [5.41, 5.74) is 0.414. The van der Waals surface area contributed by atoms with Crippen LogP contribution in [-0.4, -0.2) is 44.7 Å². The van der Waals surface area contributed by atoms with Crippen LogP contribution in [0.5, 0.6) is 0 Å². The summed E-state index contributed by atoms with van der Waals surface area (Å²) in [4.78, 5) is 18.8. The number of benzene rings is 1. The van der Waals surface area contributed by atoms with Crippen LogP contribution in [0.1, 0.15) is 57.6 Å². The zero-order chi connectivity index (χ0) is 21.6. The highest BCUT2D eigenvalue weighted by Crippen LogP contribution is 2.36. The molecule has 6 nitrogen and oxygen atoms in total. The summed E-state index contributed by atoms with van der Waals surface area (Å²) in [5.74, 6) is -0.554. The molecule has 0 saturated carbocycles. The Morgan fingerprint density at radius 2 is 1.86 bits per heavy atom. The number of imidazole rings is 1. The number of hydrogen-bond donors (Lipinski definition) is 0. The molecule has 0 atom stereocenters. The van der Waals surface area contributed by atoms with E-state index in [2.05, 4.69) is 4.98 Å². The molecule has 0 aliphatic carbocycles. The minimum Gasteiger partial charge on any atom is -0.399 e. The van der Waals surface area contributed by atoms with Gasteiger partial charge in [-0.25, -0.2) is 9.37 Å². The smallest absolute Gasteiger partial charge is 0.399 e. The Hall–Kier alpha value is -2.19. The van der Waals surface area contributed by atoms with Gasteiger partial charge in [0.2, 0.25) is 0 Å². The Kier molecular flexibility index (Phi) is 5.62. The number of amides is 1. The van der Waals surface area contributed by atoms with Crippen LogP contribution in [0.3, 0.4) is 0 Å². The van der Waals surface area contributed by atoms with E-state index in [1.54, 1.807) is 34.1 Å². The van der Waals surface area contributed by atoms with Crippen LogP contribution in [0, 0.1) is 5.82 Å². The number of aryl methyl sites for hydroxylation is 1. The second-order valence-corrected chi connectivity index (χ2v) is 8.90. The lowest BCUT2D eigenvalue weighted by atomic mass is 9.78. The van der Waals surface area contributed by atoms with E-state index in [1.165, 1.54) is 6.07 Å². The summed E-state index contributed by atoms with van der Waals surface area (Å²) in [6, 6.07) is 4.76. The summed E-state index contributed by atoms with van der Waals surface area (Å²) in [6.45, 7) is 11.9. The molecule has 1 aliphatic rings. The fourth-order valence-electron chi connectivity index (χ4n) is 3.20. The second-order valence-electron chi connectivity index (χ2n) is 8.90. The van der Waals surface area contributed by atoms with Crippen LogP contribution < -0.4 is 5.46 Å². The summed E-state index contributed by atoms with van der Waals surface area (Å²) >= 11 is 0. The molecule has 0 unspecified atom stereocenters. The maximum atomic E-state index is 14.6. The largest absolute Gasteiger partial charge is 0.497 e. The van der Waals surface area contributed by atoms with Gasteiger partial charge >= 0.3 is 7.12 Å². The number of carbonyl (C=O) groups excluding carboxylic acids is 1. The third-order valence-electron chi connectivity index (χ3n) is 5.73. The van der Waals surface area contributed by atoms with Crippen molar-refractivity contribution in [2.24, 2.45) is 7.05 Å². The topological polar surface area (TPSA) is 56.6 Å². The average Bonchev–Trinajstić information content (AvgIpc) is 3.13. The van der Waals surface area contributed by atoms with Crippen molar-refractivity contribution in [1.29, 1.82) is 0 Å². The fourth-order valence-corrected chi connectivity index (χ4v) is 3.20. The fraction of sp³-hybridized carbons (Fsp3) is 0.524. The van der Waals surface area contributed by atoms with Crippen molar-refractivity contribution in [3.05, 3.63) is 47.8 Å². The normalized spacial score (nSPS) is 17.8. The van der Waals surface area contributed by atoms with Gasteiger partial charge in [-0.2, -0.15) is 0 Å². The summed E-state index contributed by atoms with van der Waals surface area (Å²) in [6.07, 6.45) is 3.29. The van der Waals surface area contributed by atoms with Crippen LogP contribution in [0.25, 0.3) is 0 Å². The van der Waals surface area contributed by atoms with Gasteiger partial charge in [-0.1, -0.05) is 12.1 Å². The molecular formula is C21H29BFN3O3. The zero-order valence-electron chi connectivity index (χ0n) is 18.2. The van der Waals surface area contributed by atoms with E-state index >= 15 is 0 Å². The lowest BCUT2D eigenvalue weighted by Crippen LogP contribution is -2.41. The maximum Gasteiger partial charge on any atom is 0.497 e. The third-order valence-corrected chi connectivity index (χ3v) is 5.73. The first-order chi connectivity index (χ1) is 13.4. The Morgan fingerprint density at radius 1 is 1.24 bits per heavy atom. The highest BCUT2D eigenvalue weighted by molar-refractivity contribution is 6.62. The Morgan fingerprint density at radius 3 is 2.38 bits per heavy atom. The van der Waals surface area contributed by atoms with E-state index in [1.807, 2.05) is 48.6 Å². The Bertz CT molecular complexity index is 894. The highest BCUT2D eigenvalue weighted by atomic mass is 19.1. The number of aromatic nitrogens is 2. The third kappa shape index (κ3) is 4.23. The predicted octanol–water partition coefficient (Wildman–Crippen LogP) is 2.91. The molecule has 1 aromatic heterocycles. The van der Waals surface area contributed by atoms with E-state index < -0.39 is 18.3 Å². The van der Waals surface area contributed by atoms with E-state index in [-0.39, 0.29) is 17.8 Å².